The Morgan fingerprint density at radius 1 is 1.64 bits per heavy atom. The molecular weight excluding hydrogens is 215 g/mol. The number of carbonyl (C=O) groups is 1. The van der Waals surface area contributed by atoms with Crippen LogP contribution in [0.5, 0.6) is 0 Å². The second-order valence-corrected chi connectivity index (χ2v) is 3.73. The van der Waals surface area contributed by atoms with Crippen molar-refractivity contribution < 1.29 is 21.8 Å². The molecule has 0 aromatic carbocycles. The van der Waals surface area contributed by atoms with Crippen LogP contribution >= 0.6 is 0 Å². The lowest BCUT2D eigenvalue weighted by Gasteiger charge is -2.00. The van der Waals surface area contributed by atoms with Crippen molar-refractivity contribution in [3.63, 3.8) is 0 Å². The molecule has 14 heavy (non-hydrogen) atoms. The Labute approximate surface area is 79.5 Å². The van der Waals surface area contributed by atoms with Gasteiger partial charge in [0.2, 0.25) is 0 Å². The molecule has 0 N–H and O–H groups in total. The van der Waals surface area contributed by atoms with Gasteiger partial charge in [-0.15, -0.1) is 3.89 Å². The Morgan fingerprint density at radius 2 is 2.21 bits per heavy atom. The molecule has 0 aliphatic carbocycles. The summed E-state index contributed by atoms with van der Waals surface area (Å²) >= 11 is 0. The summed E-state index contributed by atoms with van der Waals surface area (Å²) in [4.78, 5) is 10.3. The molecule has 8 heteroatoms. The first-order chi connectivity index (χ1) is 6.38. The zero-order chi connectivity index (χ0) is 10.9. The van der Waals surface area contributed by atoms with Crippen molar-refractivity contribution in [3.8, 4) is 0 Å². The molecule has 0 atom stereocenters. The van der Waals surface area contributed by atoms with Gasteiger partial charge in [-0.3, -0.25) is 4.68 Å². The van der Waals surface area contributed by atoms with E-state index >= 15 is 0 Å². The van der Waals surface area contributed by atoms with E-state index in [1.54, 1.807) is 0 Å². The smallest absolute Gasteiger partial charge is 0.357 e. The maximum atomic E-state index is 12.6. The lowest BCUT2D eigenvalue weighted by atomic mass is 10.4. The number of esters is 1. The maximum absolute atomic E-state index is 12.6. The highest BCUT2D eigenvalue weighted by molar-refractivity contribution is 7.86. The van der Waals surface area contributed by atoms with Gasteiger partial charge in [-0.1, -0.05) is 0 Å². The van der Waals surface area contributed by atoms with Gasteiger partial charge in [0.15, 0.2) is 10.6 Å². The number of ether oxygens (including phenoxy) is 1. The summed E-state index contributed by atoms with van der Waals surface area (Å²) in [6.45, 7) is 0. The van der Waals surface area contributed by atoms with Crippen molar-refractivity contribution in [2.75, 3.05) is 7.11 Å². The molecule has 78 valence electrons. The third-order valence-corrected chi connectivity index (χ3v) is 2.37. The molecule has 6 nitrogen and oxygen atoms in total. The van der Waals surface area contributed by atoms with Gasteiger partial charge in [-0.25, -0.2) is 4.79 Å². The van der Waals surface area contributed by atoms with Crippen molar-refractivity contribution in [1.82, 2.24) is 9.78 Å². The summed E-state index contributed by atoms with van der Waals surface area (Å²) < 4.78 is 38.9. The lowest BCUT2D eigenvalue weighted by Crippen LogP contribution is -2.11. The molecule has 0 bridgehead atoms. The van der Waals surface area contributed by atoms with Crippen LogP contribution in [0.25, 0.3) is 0 Å². The van der Waals surface area contributed by atoms with Crippen molar-refractivity contribution >= 4 is 16.2 Å². The Bertz CT molecular complexity index is 464. The topological polar surface area (TPSA) is 78.3 Å². The molecule has 1 aromatic rings. The molecule has 0 amide bonds. The molecule has 0 fully saturated rings. The van der Waals surface area contributed by atoms with Crippen molar-refractivity contribution in [2.24, 2.45) is 7.05 Å². The van der Waals surface area contributed by atoms with E-state index in [1.165, 1.54) is 7.05 Å². The van der Waals surface area contributed by atoms with Crippen LogP contribution in [0.15, 0.2) is 11.1 Å². The van der Waals surface area contributed by atoms with Crippen LogP contribution in [-0.2, 0) is 22.0 Å². The highest BCUT2D eigenvalue weighted by Crippen LogP contribution is 2.17. The Morgan fingerprint density at radius 3 is 2.64 bits per heavy atom. The monoisotopic (exact) mass is 222 g/mol. The van der Waals surface area contributed by atoms with E-state index in [1.807, 2.05) is 0 Å². The molecule has 0 spiro atoms. The standard InChI is InChI=1S/C6H7FN2O4S/c1-9-5(6(10)13-2)4(3-8-9)14(7,11)12/h3H,1-2H3. The second kappa shape index (κ2) is 3.37. The van der Waals surface area contributed by atoms with Gasteiger partial charge >= 0.3 is 16.2 Å². The van der Waals surface area contributed by atoms with Crippen LogP contribution in [0.3, 0.4) is 0 Å². The van der Waals surface area contributed by atoms with Crippen LogP contribution in [0.2, 0.25) is 0 Å². The number of hydrogen-bond donors (Lipinski definition) is 0. The lowest BCUT2D eigenvalue weighted by molar-refractivity contribution is 0.0583. The minimum atomic E-state index is -4.95. The van der Waals surface area contributed by atoms with Gasteiger partial charge in [0.05, 0.1) is 13.3 Å². The minimum Gasteiger partial charge on any atom is -0.464 e. The maximum Gasteiger partial charge on any atom is 0.357 e. The first-order valence-corrected chi connectivity index (χ1v) is 4.81. The average Bonchev–Trinajstić information content (AvgIpc) is 2.45. The van der Waals surface area contributed by atoms with E-state index in [9.17, 15) is 17.1 Å². The molecule has 0 saturated carbocycles. The first-order valence-electron chi connectivity index (χ1n) is 3.43. The Hall–Kier alpha value is -1.44. The Kier molecular flexibility index (Phi) is 2.56. The minimum absolute atomic E-state index is 0.435. The number of hydrogen-bond acceptors (Lipinski definition) is 5. The predicted octanol–water partition coefficient (Wildman–Crippen LogP) is -0.135. The molecule has 0 aliphatic heterocycles. The Balaban J connectivity index is 3.42. The van der Waals surface area contributed by atoms with E-state index in [0.29, 0.717) is 0 Å². The van der Waals surface area contributed by atoms with Crippen molar-refractivity contribution in [1.29, 1.82) is 0 Å². The van der Waals surface area contributed by atoms with Gasteiger partial charge in [0.1, 0.15) is 0 Å². The molecule has 0 saturated heterocycles. The highest BCUT2D eigenvalue weighted by Gasteiger charge is 2.26. The van der Waals surface area contributed by atoms with E-state index in [2.05, 4.69) is 9.84 Å². The molecule has 1 rings (SSSR count). The van der Waals surface area contributed by atoms with Crippen LogP contribution < -0.4 is 0 Å². The first kappa shape index (κ1) is 10.6. The quantitative estimate of drug-likeness (QED) is 0.514. The van der Waals surface area contributed by atoms with Gasteiger partial charge < -0.3 is 4.74 Å². The van der Waals surface area contributed by atoms with E-state index < -0.39 is 26.8 Å². The van der Waals surface area contributed by atoms with Crippen LogP contribution in [0.1, 0.15) is 10.5 Å². The van der Waals surface area contributed by atoms with E-state index in [4.69, 9.17) is 0 Å². The van der Waals surface area contributed by atoms with Gasteiger partial charge in [0, 0.05) is 7.05 Å². The fourth-order valence-corrected chi connectivity index (χ4v) is 1.54. The van der Waals surface area contributed by atoms with E-state index in [-0.39, 0.29) is 0 Å². The number of carbonyl (C=O) groups excluding carboxylic acids is 1. The van der Waals surface area contributed by atoms with Crippen LogP contribution in [0.4, 0.5) is 3.89 Å². The molecule has 0 radical (unpaired) electrons. The number of methoxy groups -OCH3 is 1. The summed E-state index contributed by atoms with van der Waals surface area (Å²) in [6.07, 6.45) is 0.752. The van der Waals surface area contributed by atoms with Gasteiger partial charge in [0.25, 0.3) is 0 Å². The molecular formula is C6H7FN2O4S. The van der Waals surface area contributed by atoms with Crippen molar-refractivity contribution in [2.45, 2.75) is 4.90 Å². The number of aryl methyl sites for hydroxylation is 1. The number of rotatable bonds is 2. The third kappa shape index (κ3) is 1.74. The van der Waals surface area contributed by atoms with Gasteiger partial charge in [-0.2, -0.15) is 13.5 Å². The SMILES string of the molecule is COC(=O)c1c(S(=O)(=O)F)cnn1C. The predicted molar refractivity (Wildman–Crippen MR) is 42.8 cm³/mol. The van der Waals surface area contributed by atoms with E-state index in [0.717, 1.165) is 18.0 Å². The number of aromatic nitrogens is 2. The summed E-state index contributed by atoms with van der Waals surface area (Å²) in [6, 6.07) is 0. The molecule has 0 unspecified atom stereocenters. The normalized spacial score (nSPS) is 11.4. The number of halogens is 1. The summed E-state index contributed by atoms with van der Waals surface area (Å²) in [7, 11) is -2.59. The fourth-order valence-electron chi connectivity index (χ4n) is 0.925. The second-order valence-electron chi connectivity index (χ2n) is 2.41. The van der Waals surface area contributed by atoms with Gasteiger partial charge in [-0.05, 0) is 0 Å². The largest absolute Gasteiger partial charge is 0.464 e. The highest BCUT2D eigenvalue weighted by atomic mass is 32.3. The summed E-state index contributed by atoms with van der Waals surface area (Å²) in [5, 5.41) is 3.45. The third-order valence-electron chi connectivity index (χ3n) is 1.55. The summed E-state index contributed by atoms with van der Waals surface area (Å²) in [5.41, 5.74) is -0.435. The van der Waals surface area contributed by atoms with Crippen LogP contribution in [-0.4, -0.2) is 31.3 Å². The fraction of sp³-hybridized carbons (Fsp3) is 0.333. The average molecular weight is 222 g/mol. The zero-order valence-electron chi connectivity index (χ0n) is 7.39. The molecule has 1 aromatic heterocycles. The van der Waals surface area contributed by atoms with Crippen LogP contribution in [0, 0.1) is 0 Å². The zero-order valence-corrected chi connectivity index (χ0v) is 8.21. The summed E-state index contributed by atoms with van der Waals surface area (Å²) in [5.74, 6) is -0.957. The molecule has 0 aliphatic rings. The van der Waals surface area contributed by atoms with Crippen molar-refractivity contribution in [3.05, 3.63) is 11.9 Å². The number of nitrogens with zero attached hydrogens (tertiary/aromatic N) is 2. The molecule has 1 heterocycles.